The van der Waals surface area contributed by atoms with Crippen molar-refractivity contribution in [2.75, 3.05) is 0 Å². The molecule has 0 saturated carbocycles. The van der Waals surface area contributed by atoms with Crippen LogP contribution in [0, 0.1) is 0 Å². The molecular formula is C18H17O3PS. The molecule has 0 aliphatic rings. The van der Waals surface area contributed by atoms with Crippen molar-refractivity contribution in [3.8, 4) is 0 Å². The monoisotopic (exact) mass is 344 g/mol. The van der Waals surface area contributed by atoms with Gasteiger partial charge in [-0.15, -0.1) is 0 Å². The van der Waals surface area contributed by atoms with Crippen LogP contribution in [0.4, 0.5) is 0 Å². The number of rotatable bonds is 4. The van der Waals surface area contributed by atoms with Crippen LogP contribution in [-0.2, 0) is 9.74 Å². The van der Waals surface area contributed by atoms with E-state index in [4.69, 9.17) is 0 Å². The summed E-state index contributed by atoms with van der Waals surface area (Å²) in [5, 5.41) is 1.92. The third-order valence-electron chi connectivity index (χ3n) is 3.93. The van der Waals surface area contributed by atoms with Gasteiger partial charge >= 0.3 is 136 Å². The quantitative estimate of drug-likeness (QED) is 0.584. The summed E-state index contributed by atoms with van der Waals surface area (Å²) in [7, 11) is -4.35. The zero-order valence-electron chi connectivity index (χ0n) is 12.3. The summed E-state index contributed by atoms with van der Waals surface area (Å²) in [5.41, 5.74) is 0. The van der Waals surface area contributed by atoms with Crippen molar-refractivity contribution in [3.63, 3.8) is 0 Å². The molecule has 0 bridgehead atoms. The Morgan fingerprint density at radius 3 is 1.04 bits per heavy atom. The van der Waals surface area contributed by atoms with Crippen molar-refractivity contribution in [3.05, 3.63) is 91.0 Å². The molecule has 0 unspecified atom stereocenters. The van der Waals surface area contributed by atoms with Gasteiger partial charge in [-0.3, -0.25) is 0 Å². The molecule has 0 amide bonds. The Balaban J connectivity index is 2.46. The number of benzene rings is 3. The molecule has 118 valence electrons. The third kappa shape index (κ3) is 2.70. The summed E-state index contributed by atoms with van der Waals surface area (Å²) in [5.74, 6) is 0. The van der Waals surface area contributed by atoms with Gasteiger partial charge in [-0.05, 0) is 0 Å². The van der Waals surface area contributed by atoms with Crippen LogP contribution in [0.3, 0.4) is 0 Å². The summed E-state index contributed by atoms with van der Waals surface area (Å²) in [6.45, 7) is -3.60. The molecule has 0 saturated heterocycles. The molecule has 3 rings (SSSR count). The molecule has 3 aromatic rings. The topological polar surface area (TPSA) is 54.4 Å². The van der Waals surface area contributed by atoms with E-state index in [9.17, 15) is 13.0 Å². The van der Waals surface area contributed by atoms with E-state index in [1.165, 1.54) is 0 Å². The average molecular weight is 344 g/mol. The second kappa shape index (κ2) is 6.25. The normalized spacial score (nSPS) is 12.7. The molecule has 0 aromatic heterocycles. The van der Waals surface area contributed by atoms with E-state index in [2.05, 4.69) is 0 Å². The van der Waals surface area contributed by atoms with Crippen molar-refractivity contribution in [1.29, 1.82) is 0 Å². The SMILES string of the molecule is O=S(=O)(O)[PH](c1ccccc1)(c1ccccc1)c1ccccc1. The molecule has 0 atom stereocenters. The first-order chi connectivity index (χ1) is 11.1. The van der Waals surface area contributed by atoms with E-state index < -0.39 is 16.2 Å². The van der Waals surface area contributed by atoms with E-state index in [1.807, 2.05) is 18.2 Å². The Labute approximate surface area is 136 Å². The van der Waals surface area contributed by atoms with Crippen LogP contribution in [0.15, 0.2) is 91.0 Å². The van der Waals surface area contributed by atoms with E-state index in [0.717, 1.165) is 0 Å². The van der Waals surface area contributed by atoms with Crippen LogP contribution in [0.25, 0.3) is 0 Å². The first-order valence-corrected chi connectivity index (χ1v) is 11.4. The molecule has 1 N–H and O–H groups in total. The zero-order chi connectivity index (χ0) is 16.3. The van der Waals surface area contributed by atoms with Crippen LogP contribution < -0.4 is 15.9 Å². The summed E-state index contributed by atoms with van der Waals surface area (Å²) in [6.07, 6.45) is 0. The standard InChI is InChI=1S/C18H17O3PS/c19-23(20,21)22(16-10-4-1-5-11-16,17-12-6-2-7-13-17)18-14-8-3-9-15-18/h1-15,22H,(H,19,20,21). The van der Waals surface area contributed by atoms with Gasteiger partial charge in [0.1, 0.15) is 0 Å². The molecule has 0 heterocycles. The third-order valence-corrected chi connectivity index (χ3v) is 12.6. The van der Waals surface area contributed by atoms with Crippen LogP contribution in [0.1, 0.15) is 0 Å². The maximum atomic E-state index is 12.7. The second-order valence-electron chi connectivity index (χ2n) is 5.25. The Hall–Kier alpha value is -2.00. The molecular weight excluding hydrogens is 327 g/mol. The van der Waals surface area contributed by atoms with Gasteiger partial charge in [-0.2, -0.15) is 0 Å². The molecule has 5 heteroatoms. The Bertz CT molecular complexity index is 783. The summed E-state index contributed by atoms with van der Waals surface area (Å²) in [4.78, 5) is 0. The molecule has 3 aromatic carbocycles. The van der Waals surface area contributed by atoms with Gasteiger partial charge in [0, 0.05) is 0 Å². The first kappa shape index (κ1) is 15.9. The average Bonchev–Trinajstić information content (AvgIpc) is 2.57. The van der Waals surface area contributed by atoms with E-state index in [-0.39, 0.29) is 0 Å². The van der Waals surface area contributed by atoms with Gasteiger partial charge in [0.05, 0.1) is 0 Å². The molecule has 0 fully saturated rings. The fourth-order valence-corrected chi connectivity index (χ4v) is 10.8. The van der Waals surface area contributed by atoms with E-state index in [1.54, 1.807) is 72.8 Å². The van der Waals surface area contributed by atoms with Gasteiger partial charge in [-0.1, -0.05) is 0 Å². The van der Waals surface area contributed by atoms with Crippen LogP contribution >= 0.6 is 6.46 Å². The van der Waals surface area contributed by atoms with E-state index in [0.29, 0.717) is 15.9 Å². The van der Waals surface area contributed by atoms with Crippen molar-refractivity contribution < 1.29 is 13.0 Å². The van der Waals surface area contributed by atoms with Crippen molar-refractivity contribution in [2.24, 2.45) is 0 Å². The molecule has 3 nitrogen and oxygen atoms in total. The summed E-state index contributed by atoms with van der Waals surface area (Å²) in [6, 6.07) is 27.0. The fraction of sp³-hybridized carbons (Fsp3) is 0. The van der Waals surface area contributed by atoms with Crippen LogP contribution in [0.5, 0.6) is 0 Å². The molecule has 0 radical (unpaired) electrons. The molecule has 0 aliphatic heterocycles. The van der Waals surface area contributed by atoms with Gasteiger partial charge < -0.3 is 0 Å². The van der Waals surface area contributed by atoms with Crippen LogP contribution in [0.2, 0.25) is 0 Å². The molecule has 23 heavy (non-hydrogen) atoms. The van der Waals surface area contributed by atoms with Gasteiger partial charge in [-0.25, -0.2) is 0 Å². The Kier molecular flexibility index (Phi) is 4.31. The van der Waals surface area contributed by atoms with E-state index >= 15 is 0 Å². The second-order valence-corrected chi connectivity index (χ2v) is 12.7. The van der Waals surface area contributed by atoms with Gasteiger partial charge in [0.15, 0.2) is 0 Å². The maximum absolute atomic E-state index is 12.7. The fourth-order valence-electron chi connectivity index (χ4n) is 2.97. The number of hydrogen-bond donors (Lipinski definition) is 1. The zero-order valence-corrected chi connectivity index (χ0v) is 14.1. The Morgan fingerprint density at radius 2 is 0.826 bits per heavy atom. The summed E-state index contributed by atoms with van der Waals surface area (Å²) < 4.78 is 35.7. The van der Waals surface area contributed by atoms with Crippen molar-refractivity contribution in [2.45, 2.75) is 0 Å². The molecule has 0 spiro atoms. The van der Waals surface area contributed by atoms with Crippen molar-refractivity contribution >= 4 is 32.1 Å². The predicted octanol–water partition coefficient (Wildman–Crippen LogP) is 2.52. The summed E-state index contributed by atoms with van der Waals surface area (Å²) >= 11 is 0. The number of hydrogen-bond acceptors (Lipinski definition) is 2. The van der Waals surface area contributed by atoms with Crippen molar-refractivity contribution in [1.82, 2.24) is 0 Å². The first-order valence-electron chi connectivity index (χ1n) is 7.20. The van der Waals surface area contributed by atoms with Gasteiger partial charge in [0.25, 0.3) is 0 Å². The van der Waals surface area contributed by atoms with Crippen LogP contribution in [-0.4, -0.2) is 13.0 Å². The minimum absolute atomic E-state index is 0.639. The Morgan fingerprint density at radius 1 is 0.565 bits per heavy atom. The molecule has 0 aliphatic carbocycles. The van der Waals surface area contributed by atoms with Gasteiger partial charge in [0.2, 0.25) is 0 Å². The predicted molar refractivity (Wildman–Crippen MR) is 98.1 cm³/mol. The minimum atomic E-state index is -4.35.